The predicted octanol–water partition coefficient (Wildman–Crippen LogP) is 5.36. The third-order valence-corrected chi connectivity index (χ3v) is 6.20. The Kier molecular flexibility index (Phi) is 5.81. The average Bonchev–Trinajstić information content (AvgIpc) is 3.34. The van der Waals surface area contributed by atoms with Crippen molar-refractivity contribution in [1.82, 2.24) is 4.57 Å². The SMILES string of the molecule is Cn1c(-c2ccccc2)c(C(=O)COC(=O)COc2cccc3c2OC(C)(C)C3)c2ccccc21. The Morgan fingerprint density at radius 1 is 0.943 bits per heavy atom. The van der Waals surface area contributed by atoms with Gasteiger partial charge in [0.05, 0.1) is 11.3 Å². The third kappa shape index (κ3) is 4.39. The highest BCUT2D eigenvalue weighted by Gasteiger charge is 2.32. The number of hydrogen-bond acceptors (Lipinski definition) is 5. The normalized spacial score (nSPS) is 13.8. The van der Waals surface area contributed by atoms with Crippen LogP contribution in [0, 0.1) is 0 Å². The summed E-state index contributed by atoms with van der Waals surface area (Å²) in [6.45, 7) is 3.34. The minimum absolute atomic E-state index is 0.264. The van der Waals surface area contributed by atoms with Gasteiger partial charge in [0, 0.05) is 29.9 Å². The van der Waals surface area contributed by atoms with Crippen molar-refractivity contribution in [2.45, 2.75) is 25.9 Å². The number of aryl methyl sites for hydroxylation is 1. The predicted molar refractivity (Wildman–Crippen MR) is 134 cm³/mol. The molecule has 2 heterocycles. The van der Waals surface area contributed by atoms with E-state index in [0.29, 0.717) is 17.1 Å². The lowest BCUT2D eigenvalue weighted by Crippen LogP contribution is -2.25. The highest BCUT2D eigenvalue weighted by Crippen LogP contribution is 2.41. The van der Waals surface area contributed by atoms with Crippen LogP contribution >= 0.6 is 0 Å². The van der Waals surface area contributed by atoms with Gasteiger partial charge in [0.2, 0.25) is 5.78 Å². The van der Waals surface area contributed by atoms with Crippen molar-refractivity contribution >= 4 is 22.7 Å². The van der Waals surface area contributed by atoms with E-state index in [1.807, 2.05) is 92.2 Å². The molecule has 0 radical (unpaired) electrons. The summed E-state index contributed by atoms with van der Waals surface area (Å²) in [5, 5.41) is 0.825. The third-order valence-electron chi connectivity index (χ3n) is 6.20. The molecule has 35 heavy (non-hydrogen) atoms. The van der Waals surface area contributed by atoms with Crippen LogP contribution in [-0.4, -0.2) is 35.1 Å². The molecule has 0 fully saturated rings. The van der Waals surface area contributed by atoms with Gasteiger partial charge in [0.1, 0.15) is 5.60 Å². The molecule has 1 aliphatic heterocycles. The van der Waals surface area contributed by atoms with Crippen LogP contribution in [0.5, 0.6) is 11.5 Å². The van der Waals surface area contributed by atoms with Gasteiger partial charge in [-0.3, -0.25) is 4.79 Å². The Labute approximate surface area is 204 Å². The van der Waals surface area contributed by atoms with Crippen molar-refractivity contribution in [2.75, 3.05) is 13.2 Å². The summed E-state index contributed by atoms with van der Waals surface area (Å²) < 4.78 is 19.0. The first-order valence-corrected chi connectivity index (χ1v) is 11.6. The molecule has 0 saturated heterocycles. The van der Waals surface area contributed by atoms with Gasteiger partial charge < -0.3 is 18.8 Å². The number of rotatable bonds is 7. The molecule has 6 heteroatoms. The monoisotopic (exact) mass is 469 g/mol. The zero-order chi connectivity index (χ0) is 24.6. The summed E-state index contributed by atoms with van der Waals surface area (Å²) in [6.07, 6.45) is 0.771. The van der Waals surface area contributed by atoms with Gasteiger partial charge in [-0.2, -0.15) is 0 Å². The summed E-state index contributed by atoms with van der Waals surface area (Å²) in [5.41, 5.74) is 3.92. The molecule has 0 spiro atoms. The van der Waals surface area contributed by atoms with Crippen LogP contribution < -0.4 is 9.47 Å². The van der Waals surface area contributed by atoms with Gasteiger partial charge in [-0.25, -0.2) is 4.79 Å². The Bertz CT molecular complexity index is 1420. The van der Waals surface area contributed by atoms with Crippen molar-refractivity contribution in [3.63, 3.8) is 0 Å². The zero-order valence-corrected chi connectivity index (χ0v) is 20.0. The van der Waals surface area contributed by atoms with E-state index in [1.54, 1.807) is 6.07 Å². The lowest BCUT2D eigenvalue weighted by atomic mass is 10.0. The number of benzene rings is 3. The van der Waals surface area contributed by atoms with E-state index < -0.39 is 5.97 Å². The van der Waals surface area contributed by atoms with Crippen LogP contribution in [0.25, 0.3) is 22.2 Å². The molecule has 0 amide bonds. The van der Waals surface area contributed by atoms with Crippen LogP contribution in [0.2, 0.25) is 0 Å². The molecule has 6 nitrogen and oxygen atoms in total. The van der Waals surface area contributed by atoms with E-state index in [-0.39, 0.29) is 24.6 Å². The second-order valence-corrected chi connectivity index (χ2v) is 9.32. The number of nitrogens with zero attached hydrogens (tertiary/aromatic N) is 1. The molecule has 3 aromatic carbocycles. The number of para-hydroxylation sites is 2. The minimum Gasteiger partial charge on any atom is -0.483 e. The van der Waals surface area contributed by atoms with E-state index >= 15 is 0 Å². The first kappa shape index (κ1) is 22.7. The van der Waals surface area contributed by atoms with E-state index in [4.69, 9.17) is 14.2 Å². The molecule has 0 N–H and O–H groups in total. The first-order valence-electron chi connectivity index (χ1n) is 11.6. The van der Waals surface area contributed by atoms with Crippen LogP contribution in [-0.2, 0) is 23.0 Å². The van der Waals surface area contributed by atoms with E-state index in [2.05, 4.69) is 0 Å². The van der Waals surface area contributed by atoms with Crippen molar-refractivity contribution in [1.29, 1.82) is 0 Å². The Balaban J connectivity index is 1.31. The molecular formula is C29H27NO5. The van der Waals surface area contributed by atoms with E-state index in [1.165, 1.54) is 0 Å². The number of hydrogen-bond donors (Lipinski definition) is 0. The number of ketones is 1. The molecule has 1 aromatic heterocycles. The largest absolute Gasteiger partial charge is 0.483 e. The highest BCUT2D eigenvalue weighted by molar-refractivity contribution is 6.14. The molecule has 178 valence electrons. The van der Waals surface area contributed by atoms with Gasteiger partial charge in [-0.15, -0.1) is 0 Å². The fourth-order valence-corrected chi connectivity index (χ4v) is 4.71. The highest BCUT2D eigenvalue weighted by atomic mass is 16.6. The van der Waals surface area contributed by atoms with Gasteiger partial charge in [0.15, 0.2) is 24.7 Å². The molecule has 4 aromatic rings. The van der Waals surface area contributed by atoms with Crippen molar-refractivity contribution in [2.24, 2.45) is 7.05 Å². The second kappa shape index (κ2) is 8.95. The van der Waals surface area contributed by atoms with Crippen molar-refractivity contribution < 1.29 is 23.8 Å². The van der Waals surface area contributed by atoms with E-state index in [0.717, 1.165) is 34.1 Å². The summed E-state index contributed by atoms with van der Waals surface area (Å²) in [7, 11) is 1.93. The Morgan fingerprint density at radius 2 is 1.69 bits per heavy atom. The molecule has 0 aliphatic carbocycles. The fourth-order valence-electron chi connectivity index (χ4n) is 4.71. The number of esters is 1. The molecule has 0 unspecified atom stereocenters. The lowest BCUT2D eigenvalue weighted by molar-refractivity contribution is -0.144. The van der Waals surface area contributed by atoms with Crippen LogP contribution in [0.15, 0.2) is 72.8 Å². The minimum atomic E-state index is -0.616. The zero-order valence-electron chi connectivity index (χ0n) is 20.0. The topological polar surface area (TPSA) is 66.8 Å². The Morgan fingerprint density at radius 3 is 2.49 bits per heavy atom. The molecule has 0 bridgehead atoms. The number of ether oxygens (including phenoxy) is 3. The summed E-state index contributed by atoms with van der Waals surface area (Å²) in [4.78, 5) is 25.8. The van der Waals surface area contributed by atoms with Crippen molar-refractivity contribution in [3.05, 3.63) is 83.9 Å². The molecular weight excluding hydrogens is 442 g/mol. The second-order valence-electron chi connectivity index (χ2n) is 9.32. The molecule has 1 aliphatic rings. The smallest absolute Gasteiger partial charge is 0.344 e. The fraction of sp³-hybridized carbons (Fsp3) is 0.241. The van der Waals surface area contributed by atoms with Gasteiger partial charge in [-0.1, -0.05) is 60.7 Å². The maximum absolute atomic E-state index is 13.3. The maximum Gasteiger partial charge on any atom is 0.344 e. The lowest BCUT2D eigenvalue weighted by Gasteiger charge is -2.18. The summed E-state index contributed by atoms with van der Waals surface area (Å²) in [5.74, 6) is 0.274. The number of aromatic nitrogens is 1. The number of fused-ring (bicyclic) bond motifs is 2. The standard InChI is InChI=1S/C29H27NO5/c1-29(2)16-20-12-9-15-24(28(20)35-29)33-18-25(32)34-17-23(31)26-21-13-7-8-14-22(21)30(3)27(26)19-10-5-4-6-11-19/h4-15H,16-18H2,1-3H3. The van der Waals surface area contributed by atoms with Gasteiger partial charge in [0.25, 0.3) is 0 Å². The molecule has 0 saturated carbocycles. The quantitative estimate of drug-likeness (QED) is 0.269. The van der Waals surface area contributed by atoms with Crippen LogP contribution in [0.3, 0.4) is 0 Å². The van der Waals surface area contributed by atoms with Gasteiger partial charge in [-0.05, 0) is 31.5 Å². The summed E-state index contributed by atoms with van der Waals surface area (Å²) in [6, 6.07) is 23.1. The Hall–Kier alpha value is -4.06. The number of carbonyl (C=O) groups excluding carboxylic acids is 2. The average molecular weight is 470 g/mol. The number of Topliss-reactive ketones (excluding diaryl/α,β-unsaturated/α-hetero) is 1. The first-order chi connectivity index (χ1) is 16.8. The van der Waals surface area contributed by atoms with Crippen molar-refractivity contribution in [3.8, 4) is 22.8 Å². The van der Waals surface area contributed by atoms with E-state index in [9.17, 15) is 9.59 Å². The number of carbonyl (C=O) groups is 2. The van der Waals surface area contributed by atoms with Crippen LogP contribution in [0.4, 0.5) is 0 Å². The maximum atomic E-state index is 13.3. The molecule has 5 rings (SSSR count). The molecule has 0 atom stereocenters. The summed E-state index contributed by atoms with van der Waals surface area (Å²) >= 11 is 0. The van der Waals surface area contributed by atoms with Crippen LogP contribution in [0.1, 0.15) is 29.8 Å². The van der Waals surface area contributed by atoms with Gasteiger partial charge >= 0.3 is 5.97 Å².